The second-order valence-corrected chi connectivity index (χ2v) is 8.05. The SMILES string of the molecule is [2H]C([2H])([2H])Oc1nc(NC2CCN(C)CC2(F)F)nn2ccc(-c3ccc4nnn(CCF)c4c3)c12. The first-order valence-corrected chi connectivity index (χ1v) is 10.3. The Labute approximate surface area is 191 Å². The smallest absolute Gasteiger partial charge is 0.280 e. The third-order valence-corrected chi connectivity index (χ3v) is 5.79. The van der Waals surface area contributed by atoms with E-state index >= 15 is 0 Å². The number of nitrogens with one attached hydrogen (secondary N) is 1. The lowest BCUT2D eigenvalue weighted by atomic mass is 10.0. The molecule has 0 spiro atoms. The predicted octanol–water partition coefficient (Wildman–Crippen LogP) is 2.87. The first kappa shape index (κ1) is 18.1. The number of likely N-dealkylation sites (tertiary alicyclic amines) is 1. The number of halogens is 3. The Bertz CT molecular complexity index is 1410. The molecule has 1 atom stereocenters. The molecule has 0 bridgehead atoms. The number of anilines is 1. The highest BCUT2D eigenvalue weighted by molar-refractivity contribution is 5.89. The number of hydrogen-bond acceptors (Lipinski definition) is 7. The molecule has 1 aromatic carbocycles. The van der Waals surface area contributed by atoms with Crippen LogP contribution < -0.4 is 10.1 Å². The van der Waals surface area contributed by atoms with Crippen LogP contribution in [-0.4, -0.2) is 80.3 Å². The molecule has 3 aromatic heterocycles. The van der Waals surface area contributed by atoms with Gasteiger partial charge in [-0.05, 0) is 37.2 Å². The van der Waals surface area contributed by atoms with Gasteiger partial charge in [0.05, 0.1) is 35.8 Å². The summed E-state index contributed by atoms with van der Waals surface area (Å²) in [7, 11) is -1.23. The van der Waals surface area contributed by atoms with Crippen molar-refractivity contribution < 1.29 is 22.0 Å². The van der Waals surface area contributed by atoms with Crippen molar-refractivity contribution in [3.63, 3.8) is 0 Å². The summed E-state index contributed by atoms with van der Waals surface area (Å²) in [5.41, 5.74) is 2.55. The van der Waals surface area contributed by atoms with Gasteiger partial charge in [0.1, 0.15) is 17.7 Å². The third kappa shape index (κ3) is 3.84. The van der Waals surface area contributed by atoms with E-state index in [0.717, 1.165) is 0 Å². The van der Waals surface area contributed by atoms with Crippen molar-refractivity contribution in [3.8, 4) is 17.0 Å². The fourth-order valence-electron chi connectivity index (χ4n) is 4.18. The van der Waals surface area contributed by atoms with Crippen molar-refractivity contribution in [2.24, 2.45) is 0 Å². The Morgan fingerprint density at radius 1 is 1.33 bits per heavy atom. The van der Waals surface area contributed by atoms with Crippen LogP contribution in [0.25, 0.3) is 27.7 Å². The minimum Gasteiger partial charge on any atom is -0.479 e. The largest absolute Gasteiger partial charge is 0.479 e. The normalized spacial score (nSPS) is 20.5. The lowest BCUT2D eigenvalue weighted by molar-refractivity contribution is -0.0675. The lowest BCUT2D eigenvalue weighted by Gasteiger charge is -2.36. The van der Waals surface area contributed by atoms with E-state index in [1.54, 1.807) is 37.5 Å². The number of methoxy groups -OCH3 is 1. The van der Waals surface area contributed by atoms with Gasteiger partial charge in [-0.3, -0.25) is 0 Å². The standard InChI is InChI=1S/C21H23F3N8O/c1-30-8-6-17(21(23,24)12-30)25-20-26-19(33-2)18-14(5-9-32(18)28-20)13-3-4-15-16(11-13)31(10-7-22)29-27-15/h3-5,9,11,17H,6-8,10,12H2,1-2H3,(H,25,28)/i2D3. The maximum absolute atomic E-state index is 14.6. The predicted molar refractivity (Wildman–Crippen MR) is 117 cm³/mol. The van der Waals surface area contributed by atoms with Crippen LogP contribution in [0, 0.1) is 0 Å². The van der Waals surface area contributed by atoms with Crippen LogP contribution in [0.3, 0.4) is 0 Å². The van der Waals surface area contributed by atoms with Gasteiger partial charge < -0.3 is 15.0 Å². The molecule has 1 unspecified atom stereocenters. The third-order valence-electron chi connectivity index (χ3n) is 5.79. The quantitative estimate of drug-likeness (QED) is 0.471. The molecular formula is C21H23F3N8O. The summed E-state index contributed by atoms with van der Waals surface area (Å²) < 4.78 is 72.8. The molecule has 174 valence electrons. The molecule has 0 amide bonds. The van der Waals surface area contributed by atoms with Crippen molar-refractivity contribution >= 4 is 22.5 Å². The number of alkyl halides is 3. The molecule has 5 rings (SSSR count). The Balaban J connectivity index is 1.58. The van der Waals surface area contributed by atoms with Gasteiger partial charge in [0.15, 0.2) is 0 Å². The van der Waals surface area contributed by atoms with Crippen LogP contribution in [-0.2, 0) is 6.54 Å². The average Bonchev–Trinajstić information content (AvgIpc) is 3.39. The van der Waals surface area contributed by atoms with E-state index < -0.39 is 32.2 Å². The fourth-order valence-corrected chi connectivity index (χ4v) is 4.18. The number of hydrogen-bond donors (Lipinski definition) is 1. The van der Waals surface area contributed by atoms with E-state index in [0.29, 0.717) is 28.7 Å². The summed E-state index contributed by atoms with van der Waals surface area (Å²) in [6.07, 6.45) is 1.70. The van der Waals surface area contributed by atoms with Gasteiger partial charge in [-0.1, -0.05) is 11.3 Å². The Hall–Kier alpha value is -3.41. The highest BCUT2D eigenvalue weighted by atomic mass is 19.3. The number of fused-ring (bicyclic) bond motifs is 2. The van der Waals surface area contributed by atoms with Crippen LogP contribution in [0.5, 0.6) is 5.88 Å². The number of rotatable bonds is 6. The van der Waals surface area contributed by atoms with Crippen molar-refractivity contribution in [1.82, 2.24) is 34.5 Å². The molecule has 1 aliphatic rings. The maximum atomic E-state index is 14.6. The first-order valence-electron chi connectivity index (χ1n) is 11.8. The summed E-state index contributed by atoms with van der Waals surface area (Å²) >= 11 is 0. The van der Waals surface area contributed by atoms with Crippen molar-refractivity contribution in [2.45, 2.75) is 24.9 Å². The van der Waals surface area contributed by atoms with E-state index in [1.165, 1.54) is 14.1 Å². The van der Waals surface area contributed by atoms with E-state index in [2.05, 4.69) is 25.7 Å². The molecule has 1 fully saturated rings. The van der Waals surface area contributed by atoms with Gasteiger partial charge in [0.25, 0.3) is 5.92 Å². The highest BCUT2D eigenvalue weighted by Gasteiger charge is 2.44. The summed E-state index contributed by atoms with van der Waals surface area (Å²) in [5.74, 6) is -3.51. The van der Waals surface area contributed by atoms with Crippen molar-refractivity contribution in [2.75, 3.05) is 39.2 Å². The molecule has 0 aliphatic carbocycles. The molecule has 0 radical (unpaired) electrons. The molecule has 1 aliphatic heterocycles. The van der Waals surface area contributed by atoms with Crippen molar-refractivity contribution in [3.05, 3.63) is 30.5 Å². The first-order chi connectivity index (χ1) is 17.0. The molecule has 9 nitrogen and oxygen atoms in total. The van der Waals surface area contributed by atoms with Crippen LogP contribution >= 0.6 is 0 Å². The lowest BCUT2D eigenvalue weighted by Crippen LogP contribution is -2.53. The van der Waals surface area contributed by atoms with Gasteiger partial charge in [-0.2, -0.15) is 4.98 Å². The summed E-state index contributed by atoms with van der Waals surface area (Å²) in [6, 6.07) is 5.64. The number of benzene rings is 1. The molecule has 4 heterocycles. The van der Waals surface area contributed by atoms with Crippen molar-refractivity contribution in [1.29, 1.82) is 0 Å². The number of nitrogens with zero attached hydrogens (tertiary/aromatic N) is 7. The monoisotopic (exact) mass is 463 g/mol. The molecule has 33 heavy (non-hydrogen) atoms. The van der Waals surface area contributed by atoms with Crippen LogP contribution in [0.15, 0.2) is 30.5 Å². The summed E-state index contributed by atoms with van der Waals surface area (Å²) in [4.78, 5) is 5.71. The Morgan fingerprint density at radius 3 is 3.00 bits per heavy atom. The molecule has 1 N–H and O–H groups in total. The van der Waals surface area contributed by atoms with Gasteiger partial charge in [-0.15, -0.1) is 10.2 Å². The zero-order valence-corrected chi connectivity index (χ0v) is 17.7. The molecule has 1 saturated heterocycles. The summed E-state index contributed by atoms with van der Waals surface area (Å²) in [5, 5.41) is 14.9. The van der Waals surface area contributed by atoms with E-state index in [1.807, 2.05) is 0 Å². The van der Waals surface area contributed by atoms with Gasteiger partial charge in [0.2, 0.25) is 11.8 Å². The summed E-state index contributed by atoms with van der Waals surface area (Å²) in [6.45, 7) is -0.550. The molecular weight excluding hydrogens is 437 g/mol. The fraction of sp³-hybridized carbons (Fsp3) is 0.429. The minimum atomic E-state index is -3.04. The van der Waals surface area contributed by atoms with Gasteiger partial charge in [-0.25, -0.2) is 22.4 Å². The van der Waals surface area contributed by atoms with E-state index in [4.69, 9.17) is 8.85 Å². The number of piperidine rings is 1. The van der Waals surface area contributed by atoms with Crippen LogP contribution in [0.2, 0.25) is 0 Å². The van der Waals surface area contributed by atoms with Gasteiger partial charge in [0, 0.05) is 18.3 Å². The highest BCUT2D eigenvalue weighted by Crippen LogP contribution is 2.34. The Morgan fingerprint density at radius 2 is 2.21 bits per heavy atom. The number of aromatic nitrogens is 6. The molecule has 4 aromatic rings. The minimum absolute atomic E-state index is 0.0314. The second kappa shape index (κ2) is 8.18. The Kier molecular flexibility index (Phi) is 4.48. The van der Waals surface area contributed by atoms with Crippen LogP contribution in [0.1, 0.15) is 10.5 Å². The van der Waals surface area contributed by atoms with E-state index in [-0.39, 0.29) is 30.3 Å². The molecule has 0 saturated carbocycles. The second-order valence-electron chi connectivity index (χ2n) is 8.05. The maximum Gasteiger partial charge on any atom is 0.280 e. The van der Waals surface area contributed by atoms with E-state index in [9.17, 15) is 13.2 Å². The topological polar surface area (TPSA) is 85.4 Å². The zero-order chi connectivity index (χ0) is 25.7. The van der Waals surface area contributed by atoms with Crippen LogP contribution in [0.4, 0.5) is 19.1 Å². The number of ether oxygens (including phenoxy) is 1. The average molecular weight is 463 g/mol. The zero-order valence-electron chi connectivity index (χ0n) is 20.7. The van der Waals surface area contributed by atoms with Gasteiger partial charge >= 0.3 is 0 Å². The number of aryl methyl sites for hydroxylation is 1. The molecule has 12 heteroatoms.